The Bertz CT molecular complexity index is 441. The van der Waals surface area contributed by atoms with Crippen LogP contribution >= 0.6 is 0 Å². The van der Waals surface area contributed by atoms with Crippen molar-refractivity contribution in [3.63, 3.8) is 0 Å². The lowest BCUT2D eigenvalue weighted by Gasteiger charge is -2.17. The maximum absolute atomic E-state index is 10.6. The van der Waals surface area contributed by atoms with Crippen LogP contribution in [0.5, 0.6) is 5.75 Å². The molecule has 1 aliphatic carbocycles. The van der Waals surface area contributed by atoms with E-state index in [0.717, 1.165) is 30.7 Å². The molecule has 1 aromatic rings. The first-order valence-electron chi connectivity index (χ1n) is 7.29. The molecule has 1 aromatic carbocycles. The molecule has 20 heavy (non-hydrogen) atoms. The Morgan fingerprint density at radius 1 is 1.40 bits per heavy atom. The van der Waals surface area contributed by atoms with Gasteiger partial charge in [-0.2, -0.15) is 0 Å². The van der Waals surface area contributed by atoms with E-state index in [0.29, 0.717) is 12.6 Å². The fourth-order valence-corrected chi connectivity index (χ4v) is 2.59. The molecule has 2 rings (SSSR count). The zero-order chi connectivity index (χ0) is 14.4. The van der Waals surface area contributed by atoms with Crippen LogP contribution in [0.25, 0.3) is 0 Å². The molecule has 0 unspecified atom stereocenters. The van der Waals surface area contributed by atoms with Gasteiger partial charge in [0.25, 0.3) is 0 Å². The molecule has 4 nitrogen and oxygen atoms in total. The van der Waals surface area contributed by atoms with Gasteiger partial charge in [0.15, 0.2) is 0 Å². The number of hydrogen-bond acceptors (Lipinski definition) is 3. The van der Waals surface area contributed by atoms with E-state index in [9.17, 15) is 4.79 Å². The highest BCUT2D eigenvalue weighted by atomic mass is 16.5. The van der Waals surface area contributed by atoms with Crippen molar-refractivity contribution in [2.45, 2.75) is 44.8 Å². The number of aliphatic carboxylic acids is 1. The minimum absolute atomic E-state index is 0.175. The molecule has 0 amide bonds. The summed E-state index contributed by atoms with van der Waals surface area (Å²) < 4.78 is 5.98. The van der Waals surface area contributed by atoms with Gasteiger partial charge in [0.1, 0.15) is 5.75 Å². The van der Waals surface area contributed by atoms with Crippen LogP contribution in [-0.2, 0) is 11.3 Å². The Hall–Kier alpha value is -1.55. The molecular weight excluding hydrogens is 254 g/mol. The highest BCUT2D eigenvalue weighted by Crippen LogP contribution is 2.24. The minimum atomic E-state index is -0.754. The third kappa shape index (κ3) is 4.85. The monoisotopic (exact) mass is 277 g/mol. The fourth-order valence-electron chi connectivity index (χ4n) is 2.59. The molecule has 0 bridgehead atoms. The van der Waals surface area contributed by atoms with Gasteiger partial charge < -0.3 is 14.7 Å². The first-order valence-corrected chi connectivity index (χ1v) is 7.29. The van der Waals surface area contributed by atoms with E-state index in [-0.39, 0.29) is 6.42 Å². The van der Waals surface area contributed by atoms with Crippen LogP contribution in [-0.4, -0.2) is 35.7 Å². The molecule has 1 fully saturated rings. The molecule has 1 N–H and O–H groups in total. The van der Waals surface area contributed by atoms with Crippen molar-refractivity contribution < 1.29 is 14.6 Å². The number of ether oxygens (including phenoxy) is 1. The Balaban J connectivity index is 1.86. The maximum Gasteiger partial charge on any atom is 0.304 e. The lowest BCUT2D eigenvalue weighted by molar-refractivity contribution is -0.137. The summed E-state index contributed by atoms with van der Waals surface area (Å²) in [6, 6.07) is 8.12. The van der Waals surface area contributed by atoms with Crippen molar-refractivity contribution >= 4 is 5.97 Å². The van der Waals surface area contributed by atoms with Crippen LogP contribution in [0, 0.1) is 0 Å². The summed E-state index contributed by atoms with van der Waals surface area (Å²) in [5.41, 5.74) is 1.16. The third-order valence-electron chi connectivity index (χ3n) is 3.66. The van der Waals surface area contributed by atoms with Gasteiger partial charge in [-0.3, -0.25) is 4.79 Å². The summed E-state index contributed by atoms with van der Waals surface area (Å²) >= 11 is 0. The van der Waals surface area contributed by atoms with Crippen LogP contribution < -0.4 is 4.74 Å². The van der Waals surface area contributed by atoms with Crippen LogP contribution in [0.15, 0.2) is 24.3 Å². The van der Waals surface area contributed by atoms with Crippen molar-refractivity contribution in [3.05, 3.63) is 29.8 Å². The van der Waals surface area contributed by atoms with Crippen molar-refractivity contribution in [1.29, 1.82) is 0 Å². The molecule has 110 valence electrons. The number of carboxylic acids is 1. The van der Waals surface area contributed by atoms with Crippen LogP contribution in [0.4, 0.5) is 0 Å². The molecule has 0 spiro atoms. The van der Waals surface area contributed by atoms with Crippen LogP contribution in [0.3, 0.4) is 0 Å². The molecule has 0 aliphatic heterocycles. The second-order valence-electron chi connectivity index (χ2n) is 5.55. The van der Waals surface area contributed by atoms with E-state index in [4.69, 9.17) is 9.84 Å². The lowest BCUT2D eigenvalue weighted by atomic mass is 10.2. The van der Waals surface area contributed by atoms with E-state index in [1.165, 1.54) is 12.8 Å². The summed E-state index contributed by atoms with van der Waals surface area (Å²) in [4.78, 5) is 12.6. The molecule has 4 heteroatoms. The molecule has 0 atom stereocenters. The molecule has 0 aromatic heterocycles. The van der Waals surface area contributed by atoms with Gasteiger partial charge in [-0.1, -0.05) is 12.1 Å². The average Bonchev–Trinajstić information content (AvgIpc) is 2.89. The molecular formula is C16H23NO3. The second-order valence-corrected chi connectivity index (χ2v) is 5.55. The molecule has 1 aliphatic rings. The summed E-state index contributed by atoms with van der Waals surface area (Å²) in [6.07, 6.45) is 5.39. The predicted molar refractivity (Wildman–Crippen MR) is 77.9 cm³/mol. The van der Waals surface area contributed by atoms with Gasteiger partial charge >= 0.3 is 5.97 Å². The van der Waals surface area contributed by atoms with E-state index < -0.39 is 5.97 Å². The number of hydrogen-bond donors (Lipinski definition) is 1. The van der Waals surface area contributed by atoms with E-state index in [2.05, 4.69) is 12.1 Å². The number of rotatable bonds is 7. The van der Waals surface area contributed by atoms with Crippen molar-refractivity contribution in [1.82, 2.24) is 4.90 Å². The van der Waals surface area contributed by atoms with Crippen molar-refractivity contribution in [2.24, 2.45) is 0 Å². The Labute approximate surface area is 120 Å². The van der Waals surface area contributed by atoms with Crippen LogP contribution in [0.2, 0.25) is 0 Å². The minimum Gasteiger partial charge on any atom is -0.490 e. The standard InChI is InChI=1S/C16H23NO3/c1-17(10-9-16(18)19)12-13-5-4-8-15(11-13)20-14-6-2-3-7-14/h4-5,8,11,14H,2-3,6-7,9-10,12H2,1H3,(H,18,19). The van der Waals surface area contributed by atoms with Gasteiger partial charge in [-0.25, -0.2) is 0 Å². The topological polar surface area (TPSA) is 49.8 Å². The predicted octanol–water partition coefficient (Wildman–Crippen LogP) is 2.91. The van der Waals surface area contributed by atoms with E-state index >= 15 is 0 Å². The van der Waals surface area contributed by atoms with Gasteiger partial charge in [0.05, 0.1) is 12.5 Å². The number of carbonyl (C=O) groups is 1. The molecule has 0 saturated heterocycles. The highest BCUT2D eigenvalue weighted by molar-refractivity contribution is 5.66. The second kappa shape index (κ2) is 7.29. The highest BCUT2D eigenvalue weighted by Gasteiger charge is 2.16. The number of nitrogens with zero attached hydrogens (tertiary/aromatic N) is 1. The van der Waals surface area contributed by atoms with Gasteiger partial charge in [0, 0.05) is 13.1 Å². The number of carboxylic acid groups (broad SMARTS) is 1. The van der Waals surface area contributed by atoms with E-state index in [1.807, 2.05) is 24.1 Å². The molecule has 0 heterocycles. The Kier molecular flexibility index (Phi) is 5.41. The largest absolute Gasteiger partial charge is 0.490 e. The lowest BCUT2D eigenvalue weighted by Crippen LogP contribution is -2.21. The summed E-state index contributed by atoms with van der Waals surface area (Å²) in [5, 5.41) is 8.69. The SMILES string of the molecule is CN(CCC(=O)O)Cc1cccc(OC2CCCC2)c1. The molecule has 1 saturated carbocycles. The van der Waals surface area contributed by atoms with Gasteiger partial charge in [0.2, 0.25) is 0 Å². The average molecular weight is 277 g/mol. The first kappa shape index (κ1) is 14.9. The van der Waals surface area contributed by atoms with E-state index in [1.54, 1.807) is 0 Å². The fraction of sp³-hybridized carbons (Fsp3) is 0.562. The van der Waals surface area contributed by atoms with Crippen molar-refractivity contribution in [3.8, 4) is 5.75 Å². The third-order valence-corrected chi connectivity index (χ3v) is 3.66. The normalized spacial score (nSPS) is 15.7. The van der Waals surface area contributed by atoms with Gasteiger partial charge in [-0.15, -0.1) is 0 Å². The Morgan fingerprint density at radius 2 is 2.15 bits per heavy atom. The zero-order valence-corrected chi connectivity index (χ0v) is 12.0. The van der Waals surface area contributed by atoms with Crippen molar-refractivity contribution in [2.75, 3.05) is 13.6 Å². The summed E-state index contributed by atoms with van der Waals surface area (Å²) in [6.45, 7) is 1.30. The molecule has 0 radical (unpaired) electrons. The summed E-state index contributed by atoms with van der Waals surface area (Å²) in [7, 11) is 1.94. The Morgan fingerprint density at radius 3 is 2.85 bits per heavy atom. The summed E-state index contributed by atoms with van der Waals surface area (Å²) in [5.74, 6) is 0.177. The first-order chi connectivity index (χ1) is 9.63. The zero-order valence-electron chi connectivity index (χ0n) is 12.0. The maximum atomic E-state index is 10.6. The van der Waals surface area contributed by atoms with Crippen LogP contribution in [0.1, 0.15) is 37.7 Å². The number of benzene rings is 1. The quantitative estimate of drug-likeness (QED) is 0.832. The van der Waals surface area contributed by atoms with Gasteiger partial charge in [-0.05, 0) is 50.4 Å². The smallest absolute Gasteiger partial charge is 0.304 e.